The smallest absolute Gasteiger partial charge is 0.404 e. The fourth-order valence-corrected chi connectivity index (χ4v) is 4.93. The number of thiazole rings is 1. The van der Waals surface area contributed by atoms with Gasteiger partial charge in [0.2, 0.25) is 5.91 Å². The quantitative estimate of drug-likeness (QED) is 0.434. The maximum atomic E-state index is 12.3. The predicted octanol–water partition coefficient (Wildman–Crippen LogP) is 3.62. The Morgan fingerprint density at radius 1 is 1.43 bits per heavy atom. The molecule has 0 spiro atoms. The molecular formula is C20H26N6O3S. The number of fused-ring (bicyclic) bond motifs is 1. The monoisotopic (exact) mass is 430 g/mol. The molecule has 0 saturated heterocycles. The second-order valence-corrected chi connectivity index (χ2v) is 8.94. The summed E-state index contributed by atoms with van der Waals surface area (Å²) in [5, 5.41) is 23.4. The van der Waals surface area contributed by atoms with Gasteiger partial charge in [0.05, 0.1) is 12.1 Å². The highest BCUT2D eigenvalue weighted by molar-refractivity contribution is 7.15. The van der Waals surface area contributed by atoms with Gasteiger partial charge in [0, 0.05) is 41.5 Å². The molecule has 1 fully saturated rings. The summed E-state index contributed by atoms with van der Waals surface area (Å²) in [6.07, 6.45) is 8.16. The van der Waals surface area contributed by atoms with Gasteiger partial charge in [-0.05, 0) is 44.9 Å². The molecule has 2 unspecified atom stereocenters. The zero-order valence-corrected chi connectivity index (χ0v) is 17.6. The minimum Gasteiger partial charge on any atom is -0.465 e. The van der Waals surface area contributed by atoms with E-state index in [0.29, 0.717) is 17.7 Å². The Hall–Kier alpha value is -2.88. The number of carbonyl (C=O) groups is 2. The normalized spacial score (nSPS) is 19.8. The number of hydrogen-bond acceptors (Lipinski definition) is 5. The topological polar surface area (TPSA) is 124 Å². The number of anilines is 1. The van der Waals surface area contributed by atoms with Gasteiger partial charge in [0.1, 0.15) is 0 Å². The van der Waals surface area contributed by atoms with E-state index >= 15 is 0 Å². The molecule has 10 heteroatoms. The summed E-state index contributed by atoms with van der Waals surface area (Å²) in [5.74, 6) is 1.39. The van der Waals surface area contributed by atoms with Crippen LogP contribution in [0.3, 0.4) is 0 Å². The Bertz CT molecular complexity index is 996. The largest absolute Gasteiger partial charge is 0.465 e. The van der Waals surface area contributed by atoms with Crippen molar-refractivity contribution in [2.24, 2.45) is 5.92 Å². The minimum absolute atomic E-state index is 0.0263. The Morgan fingerprint density at radius 3 is 3.10 bits per heavy atom. The van der Waals surface area contributed by atoms with Crippen molar-refractivity contribution in [2.75, 3.05) is 5.32 Å². The van der Waals surface area contributed by atoms with E-state index in [1.165, 1.54) is 11.3 Å². The Kier molecular flexibility index (Phi) is 6.03. The van der Waals surface area contributed by atoms with E-state index in [-0.39, 0.29) is 18.4 Å². The molecule has 0 radical (unpaired) electrons. The summed E-state index contributed by atoms with van der Waals surface area (Å²) in [6, 6.07) is 1.90. The number of rotatable bonds is 8. The average Bonchev–Trinajstić information content (AvgIpc) is 3.43. The van der Waals surface area contributed by atoms with Crippen LogP contribution in [0, 0.1) is 5.92 Å². The van der Waals surface area contributed by atoms with Crippen molar-refractivity contribution >= 4 is 34.1 Å². The van der Waals surface area contributed by atoms with Crippen molar-refractivity contribution < 1.29 is 14.7 Å². The molecule has 4 rings (SSSR count). The molecule has 1 aliphatic carbocycles. The van der Waals surface area contributed by atoms with Crippen LogP contribution in [0.25, 0.3) is 4.96 Å². The number of aromatic amines is 1. The highest BCUT2D eigenvalue weighted by atomic mass is 32.1. The van der Waals surface area contributed by atoms with Crippen molar-refractivity contribution in [1.82, 2.24) is 24.9 Å². The van der Waals surface area contributed by atoms with Crippen LogP contribution in [0.1, 0.15) is 56.3 Å². The molecule has 2 amide bonds. The van der Waals surface area contributed by atoms with E-state index in [0.717, 1.165) is 48.5 Å². The van der Waals surface area contributed by atoms with Gasteiger partial charge in [-0.3, -0.25) is 14.3 Å². The standard InChI is InChI=1S/C20H26N6O3S/c1-12(21-20(28)29)2-3-13-4-5-14(8-13)16-10-17(25-24-16)23-18(27)9-15-11-26-6-7-30-19(26)22-15/h6-7,10-14,21H,2-5,8-9H2,1H3,(H,28,29)(H2,23,24,25,27)/t12-,13?,14?/m0/s1. The van der Waals surface area contributed by atoms with Gasteiger partial charge in [-0.1, -0.05) is 0 Å². The number of nitrogens with one attached hydrogen (secondary N) is 3. The molecule has 1 aliphatic rings. The van der Waals surface area contributed by atoms with Gasteiger partial charge in [0.15, 0.2) is 10.8 Å². The molecule has 0 aliphatic heterocycles. The Balaban J connectivity index is 1.25. The number of imidazole rings is 1. The van der Waals surface area contributed by atoms with Gasteiger partial charge >= 0.3 is 6.09 Å². The third-order valence-electron chi connectivity index (χ3n) is 5.71. The Labute approximate surface area is 177 Å². The first-order valence-electron chi connectivity index (χ1n) is 10.2. The van der Waals surface area contributed by atoms with Crippen molar-refractivity contribution in [1.29, 1.82) is 0 Å². The summed E-state index contributed by atoms with van der Waals surface area (Å²) >= 11 is 1.54. The molecule has 4 N–H and O–H groups in total. The van der Waals surface area contributed by atoms with Crippen molar-refractivity contribution in [3.05, 3.63) is 35.2 Å². The zero-order valence-electron chi connectivity index (χ0n) is 16.8. The number of H-pyrrole nitrogens is 1. The lowest BCUT2D eigenvalue weighted by molar-refractivity contribution is -0.115. The van der Waals surface area contributed by atoms with Gasteiger partial charge in [-0.2, -0.15) is 5.10 Å². The van der Waals surface area contributed by atoms with Crippen LogP contribution in [-0.4, -0.2) is 42.7 Å². The van der Waals surface area contributed by atoms with Crippen LogP contribution in [0.2, 0.25) is 0 Å². The van der Waals surface area contributed by atoms with Crippen LogP contribution < -0.4 is 10.6 Å². The minimum atomic E-state index is -0.966. The van der Waals surface area contributed by atoms with Gasteiger partial charge in [0.25, 0.3) is 0 Å². The van der Waals surface area contributed by atoms with E-state index < -0.39 is 6.09 Å². The lowest BCUT2D eigenvalue weighted by Gasteiger charge is -2.14. The molecule has 3 aromatic heterocycles. The first-order chi connectivity index (χ1) is 14.5. The SMILES string of the molecule is C[C@@H](CCC1CCC(c2cc(NC(=O)Cc3cn4ccsc4n3)n[nH]2)C1)NC(=O)O. The fourth-order valence-electron chi connectivity index (χ4n) is 4.21. The number of carbonyl (C=O) groups excluding carboxylic acids is 1. The molecule has 1 saturated carbocycles. The molecule has 3 aromatic rings. The van der Waals surface area contributed by atoms with Gasteiger partial charge in [-0.25, -0.2) is 9.78 Å². The second kappa shape index (κ2) is 8.86. The van der Waals surface area contributed by atoms with Crippen LogP contribution in [0.4, 0.5) is 10.6 Å². The third-order valence-corrected chi connectivity index (χ3v) is 6.48. The van der Waals surface area contributed by atoms with Crippen LogP contribution in [-0.2, 0) is 11.2 Å². The number of hydrogen-bond donors (Lipinski definition) is 4. The summed E-state index contributed by atoms with van der Waals surface area (Å²) in [5.41, 5.74) is 1.78. The van der Waals surface area contributed by atoms with Crippen molar-refractivity contribution in [3.63, 3.8) is 0 Å². The van der Waals surface area contributed by atoms with E-state index in [1.807, 2.05) is 35.2 Å². The van der Waals surface area contributed by atoms with Crippen LogP contribution >= 0.6 is 11.3 Å². The Morgan fingerprint density at radius 2 is 2.30 bits per heavy atom. The first-order valence-corrected chi connectivity index (χ1v) is 11.1. The lowest BCUT2D eigenvalue weighted by Crippen LogP contribution is -2.31. The summed E-state index contributed by atoms with van der Waals surface area (Å²) in [4.78, 5) is 28.3. The summed E-state index contributed by atoms with van der Waals surface area (Å²) in [6.45, 7) is 1.90. The molecule has 160 valence electrons. The maximum Gasteiger partial charge on any atom is 0.404 e. The molecule has 9 nitrogen and oxygen atoms in total. The second-order valence-electron chi connectivity index (χ2n) is 8.06. The molecule has 0 bridgehead atoms. The average molecular weight is 431 g/mol. The lowest BCUT2D eigenvalue weighted by atomic mass is 9.96. The number of carboxylic acid groups (broad SMARTS) is 1. The van der Waals surface area contributed by atoms with Crippen molar-refractivity contribution in [3.8, 4) is 0 Å². The number of nitrogens with zero attached hydrogens (tertiary/aromatic N) is 3. The summed E-state index contributed by atoms with van der Waals surface area (Å²) in [7, 11) is 0. The molecule has 3 atom stereocenters. The van der Waals surface area contributed by atoms with Gasteiger partial charge < -0.3 is 15.7 Å². The highest BCUT2D eigenvalue weighted by Gasteiger charge is 2.27. The number of amides is 2. The van der Waals surface area contributed by atoms with E-state index in [1.54, 1.807) is 0 Å². The summed E-state index contributed by atoms with van der Waals surface area (Å²) < 4.78 is 1.91. The van der Waals surface area contributed by atoms with Crippen LogP contribution in [0.15, 0.2) is 23.8 Å². The fraction of sp³-hybridized carbons (Fsp3) is 0.500. The molecule has 0 aromatic carbocycles. The first kappa shape index (κ1) is 20.4. The van der Waals surface area contributed by atoms with E-state index in [4.69, 9.17) is 5.11 Å². The van der Waals surface area contributed by atoms with Crippen molar-refractivity contribution in [2.45, 2.75) is 57.4 Å². The molecule has 30 heavy (non-hydrogen) atoms. The predicted molar refractivity (Wildman–Crippen MR) is 114 cm³/mol. The van der Waals surface area contributed by atoms with E-state index in [9.17, 15) is 9.59 Å². The number of aromatic nitrogens is 4. The molecule has 3 heterocycles. The van der Waals surface area contributed by atoms with Gasteiger partial charge in [-0.15, -0.1) is 11.3 Å². The van der Waals surface area contributed by atoms with Crippen LogP contribution in [0.5, 0.6) is 0 Å². The zero-order chi connectivity index (χ0) is 21.1. The molecular weight excluding hydrogens is 404 g/mol. The highest BCUT2D eigenvalue weighted by Crippen LogP contribution is 2.40. The third kappa shape index (κ3) is 4.99. The maximum absolute atomic E-state index is 12.3. The van der Waals surface area contributed by atoms with E-state index in [2.05, 4.69) is 25.8 Å².